The van der Waals surface area contributed by atoms with Crippen molar-refractivity contribution < 1.29 is 13.9 Å². The topological polar surface area (TPSA) is 93.9 Å². The van der Waals surface area contributed by atoms with Crippen molar-refractivity contribution >= 4 is 5.97 Å². The van der Waals surface area contributed by atoms with Gasteiger partial charge < -0.3 is 9.15 Å². The molecule has 0 unspecified atom stereocenters. The molecular formula is C15H10N4O3. The molecule has 0 amide bonds. The molecule has 3 aromatic rings. The van der Waals surface area contributed by atoms with Crippen LogP contribution in [0.2, 0.25) is 0 Å². The molecule has 0 radical (unpaired) electrons. The highest BCUT2D eigenvalue weighted by Gasteiger charge is 2.19. The number of hydrogen-bond donors (Lipinski definition) is 0. The van der Waals surface area contributed by atoms with Gasteiger partial charge in [-0.05, 0) is 30.3 Å². The Balaban J connectivity index is 2.16. The molecule has 0 saturated carbocycles. The number of benzene rings is 1. The fraction of sp³-hybridized carbons (Fsp3) is 0.0667. The molecule has 2 aromatic heterocycles. The number of nitrogens with zero attached hydrogens (tertiary/aromatic N) is 4. The Kier molecular flexibility index (Phi) is 3.42. The van der Waals surface area contributed by atoms with Gasteiger partial charge in [-0.3, -0.25) is 0 Å². The second-order valence-corrected chi connectivity index (χ2v) is 4.33. The van der Waals surface area contributed by atoms with Crippen LogP contribution in [0.1, 0.15) is 16.1 Å². The molecule has 7 heteroatoms. The predicted molar refractivity (Wildman–Crippen MR) is 75.1 cm³/mol. The van der Waals surface area contributed by atoms with Gasteiger partial charge in [-0.25, -0.2) is 9.48 Å². The maximum absolute atomic E-state index is 11.6. The van der Waals surface area contributed by atoms with Gasteiger partial charge in [-0.15, -0.1) is 5.10 Å². The van der Waals surface area contributed by atoms with E-state index in [1.165, 1.54) is 18.1 Å². The Morgan fingerprint density at radius 3 is 2.91 bits per heavy atom. The molecule has 0 saturated heterocycles. The van der Waals surface area contributed by atoms with Crippen molar-refractivity contribution in [3.63, 3.8) is 0 Å². The fourth-order valence-electron chi connectivity index (χ4n) is 2.05. The van der Waals surface area contributed by atoms with Gasteiger partial charge in [0, 0.05) is 0 Å². The van der Waals surface area contributed by atoms with E-state index in [0.717, 1.165) is 0 Å². The molecule has 7 nitrogen and oxygen atoms in total. The lowest BCUT2D eigenvalue weighted by molar-refractivity contribution is 0.0600. The van der Waals surface area contributed by atoms with E-state index in [2.05, 4.69) is 10.3 Å². The lowest BCUT2D eigenvalue weighted by Crippen LogP contribution is -2.04. The second-order valence-electron chi connectivity index (χ2n) is 4.33. The highest BCUT2D eigenvalue weighted by Crippen LogP contribution is 2.25. The molecule has 108 valence electrons. The van der Waals surface area contributed by atoms with Gasteiger partial charge >= 0.3 is 5.97 Å². The number of furan rings is 1. The van der Waals surface area contributed by atoms with Crippen LogP contribution in [0.25, 0.3) is 17.1 Å². The molecule has 0 atom stereocenters. The molecule has 0 bridgehead atoms. The minimum absolute atomic E-state index is 0.137. The van der Waals surface area contributed by atoms with Gasteiger partial charge in [-0.2, -0.15) is 5.26 Å². The van der Waals surface area contributed by atoms with E-state index in [1.54, 1.807) is 36.4 Å². The molecule has 2 heterocycles. The number of ether oxygens (including phenoxy) is 1. The standard InChI is InChI=1S/C15H10N4O3/c1-21-15(20)10-4-2-5-11(8-10)19-14(12(9-16)17-18-19)13-6-3-7-22-13/h2-8H,1H3. The Labute approximate surface area is 125 Å². The number of aromatic nitrogens is 3. The lowest BCUT2D eigenvalue weighted by atomic mass is 10.2. The number of rotatable bonds is 3. The van der Waals surface area contributed by atoms with Crippen LogP contribution >= 0.6 is 0 Å². The first-order chi connectivity index (χ1) is 10.7. The maximum Gasteiger partial charge on any atom is 0.337 e. The quantitative estimate of drug-likeness (QED) is 0.687. The summed E-state index contributed by atoms with van der Waals surface area (Å²) >= 11 is 0. The van der Waals surface area contributed by atoms with Crippen molar-refractivity contribution in [2.45, 2.75) is 0 Å². The Morgan fingerprint density at radius 2 is 2.23 bits per heavy atom. The van der Waals surface area contributed by atoms with Crippen LogP contribution in [0.3, 0.4) is 0 Å². The third-order valence-electron chi connectivity index (χ3n) is 3.04. The summed E-state index contributed by atoms with van der Waals surface area (Å²) in [5.74, 6) is 0.00652. The van der Waals surface area contributed by atoms with Gasteiger partial charge in [0.1, 0.15) is 11.8 Å². The number of hydrogen-bond acceptors (Lipinski definition) is 6. The summed E-state index contributed by atoms with van der Waals surface area (Å²) in [6.07, 6.45) is 1.50. The Hall–Kier alpha value is -3.40. The molecule has 3 rings (SSSR count). The van der Waals surface area contributed by atoms with Crippen molar-refractivity contribution in [1.82, 2.24) is 15.0 Å². The van der Waals surface area contributed by atoms with Crippen molar-refractivity contribution in [1.29, 1.82) is 5.26 Å². The van der Waals surface area contributed by atoms with Gasteiger partial charge in [0.15, 0.2) is 11.5 Å². The molecule has 1 aromatic carbocycles. The first-order valence-corrected chi connectivity index (χ1v) is 6.33. The normalized spacial score (nSPS) is 10.2. The minimum atomic E-state index is -0.456. The van der Waals surface area contributed by atoms with Gasteiger partial charge in [0.05, 0.1) is 24.6 Å². The summed E-state index contributed by atoms with van der Waals surface area (Å²) in [7, 11) is 1.31. The van der Waals surface area contributed by atoms with E-state index in [0.29, 0.717) is 22.7 Å². The molecule has 0 aliphatic heterocycles. The van der Waals surface area contributed by atoms with Crippen LogP contribution in [0.5, 0.6) is 0 Å². The smallest absolute Gasteiger partial charge is 0.337 e. The summed E-state index contributed by atoms with van der Waals surface area (Å²) in [5, 5.41) is 17.0. The summed E-state index contributed by atoms with van der Waals surface area (Å²) in [4.78, 5) is 11.6. The van der Waals surface area contributed by atoms with Crippen molar-refractivity contribution in [2.75, 3.05) is 7.11 Å². The molecular weight excluding hydrogens is 284 g/mol. The molecule has 0 N–H and O–H groups in total. The summed E-state index contributed by atoms with van der Waals surface area (Å²) in [6.45, 7) is 0. The predicted octanol–water partition coefficient (Wildman–Crippen LogP) is 2.19. The SMILES string of the molecule is COC(=O)c1cccc(-n2nnc(C#N)c2-c2ccco2)c1. The largest absolute Gasteiger partial charge is 0.465 e. The van der Waals surface area contributed by atoms with E-state index < -0.39 is 5.97 Å². The van der Waals surface area contributed by atoms with Crippen molar-refractivity contribution in [3.05, 3.63) is 53.9 Å². The van der Waals surface area contributed by atoms with Gasteiger partial charge in [-0.1, -0.05) is 11.3 Å². The molecule has 22 heavy (non-hydrogen) atoms. The highest BCUT2D eigenvalue weighted by molar-refractivity contribution is 5.90. The lowest BCUT2D eigenvalue weighted by Gasteiger charge is -2.06. The van der Waals surface area contributed by atoms with Gasteiger partial charge in [0.2, 0.25) is 0 Å². The molecule has 0 aliphatic carbocycles. The number of carbonyl (C=O) groups excluding carboxylic acids is 1. The first-order valence-electron chi connectivity index (χ1n) is 6.33. The maximum atomic E-state index is 11.6. The fourth-order valence-corrected chi connectivity index (χ4v) is 2.05. The zero-order chi connectivity index (χ0) is 15.5. The van der Waals surface area contributed by atoms with E-state index >= 15 is 0 Å². The van der Waals surface area contributed by atoms with E-state index in [9.17, 15) is 10.1 Å². The van der Waals surface area contributed by atoms with E-state index in [4.69, 9.17) is 9.15 Å². The minimum Gasteiger partial charge on any atom is -0.465 e. The van der Waals surface area contributed by atoms with Crippen molar-refractivity contribution in [3.8, 4) is 23.2 Å². The van der Waals surface area contributed by atoms with E-state index in [-0.39, 0.29) is 5.69 Å². The van der Waals surface area contributed by atoms with Crippen LogP contribution < -0.4 is 0 Å². The summed E-state index contributed by atoms with van der Waals surface area (Å²) in [5.41, 5.74) is 1.51. The molecule has 0 fully saturated rings. The monoisotopic (exact) mass is 294 g/mol. The summed E-state index contributed by atoms with van der Waals surface area (Å²) in [6, 6.07) is 12.1. The van der Waals surface area contributed by atoms with Crippen LogP contribution in [0.15, 0.2) is 47.1 Å². The Bertz CT molecular complexity index is 859. The molecule has 0 aliphatic rings. The van der Waals surface area contributed by atoms with Crippen LogP contribution in [-0.4, -0.2) is 28.1 Å². The molecule has 0 spiro atoms. The van der Waals surface area contributed by atoms with Crippen molar-refractivity contribution in [2.24, 2.45) is 0 Å². The average molecular weight is 294 g/mol. The highest BCUT2D eigenvalue weighted by atomic mass is 16.5. The third-order valence-corrected chi connectivity index (χ3v) is 3.04. The van der Waals surface area contributed by atoms with Crippen LogP contribution in [0.4, 0.5) is 0 Å². The number of carbonyl (C=O) groups is 1. The van der Waals surface area contributed by atoms with Gasteiger partial charge in [0.25, 0.3) is 0 Å². The van der Waals surface area contributed by atoms with Crippen LogP contribution in [-0.2, 0) is 4.74 Å². The first kappa shape index (κ1) is 13.6. The summed E-state index contributed by atoms with van der Waals surface area (Å²) < 4.78 is 11.5. The Morgan fingerprint density at radius 1 is 1.36 bits per heavy atom. The van der Waals surface area contributed by atoms with Crippen LogP contribution in [0, 0.1) is 11.3 Å². The zero-order valence-electron chi connectivity index (χ0n) is 11.6. The number of methoxy groups -OCH3 is 1. The number of nitriles is 1. The average Bonchev–Trinajstić information content (AvgIpc) is 3.22. The second kappa shape index (κ2) is 5.54. The zero-order valence-corrected chi connectivity index (χ0v) is 11.6. The third kappa shape index (κ3) is 2.23. The number of esters is 1. The van der Waals surface area contributed by atoms with E-state index in [1.807, 2.05) is 6.07 Å².